The average Bonchev–Trinajstić information content (AvgIpc) is 3.74. The Balaban J connectivity index is 1.17. The zero-order chi connectivity index (χ0) is 29.9. The minimum absolute atomic E-state index is 0.912. The molecule has 0 saturated carbocycles. The second kappa shape index (κ2) is 8.68. The molecule has 46 heavy (non-hydrogen) atoms. The predicted octanol–water partition coefficient (Wildman–Crippen LogP) is 10.7. The van der Waals surface area contributed by atoms with Crippen LogP contribution in [0, 0.1) is 0 Å². The van der Waals surface area contributed by atoms with Gasteiger partial charge in [0.05, 0.1) is 33.1 Å². The van der Waals surface area contributed by atoms with E-state index in [4.69, 9.17) is 9.97 Å². The number of nitrogens with zero attached hydrogens (tertiary/aromatic N) is 4. The van der Waals surface area contributed by atoms with Crippen molar-refractivity contribution in [1.82, 2.24) is 18.9 Å². The standard InChI is InChI=1S/C42H24N4/c1-2-11-29(12-3-1)45-37-19-17-28(23-33(37)34-21-25-9-4-5-10-26(25)24-39(34)45)27-18-20-38-32(22-27)30-13-8-14-31-40-42(46(38)41(30)31)44-36-16-7-6-15-35(36)43-40/h1-24H. The molecule has 0 bridgehead atoms. The summed E-state index contributed by atoms with van der Waals surface area (Å²) >= 11 is 0. The topological polar surface area (TPSA) is 35.1 Å². The van der Waals surface area contributed by atoms with Crippen molar-refractivity contribution in [3.8, 4) is 16.8 Å². The molecule has 0 aliphatic carbocycles. The average molecular weight is 585 g/mol. The van der Waals surface area contributed by atoms with Crippen LogP contribution in [0.1, 0.15) is 0 Å². The summed E-state index contributed by atoms with van der Waals surface area (Å²) in [5.41, 5.74) is 12.0. The molecule has 0 unspecified atom stereocenters. The van der Waals surface area contributed by atoms with Gasteiger partial charge in [-0.2, -0.15) is 0 Å². The molecule has 0 N–H and O–H groups in total. The van der Waals surface area contributed by atoms with Crippen LogP contribution in [0.5, 0.6) is 0 Å². The SMILES string of the molecule is c1ccc(-n2c3ccc(-c4ccc5c(c4)c4cccc6c7nc8ccccc8nc7n5c46)cc3c3cc4ccccc4cc32)cc1. The fraction of sp³-hybridized carbons (Fsp3) is 0. The summed E-state index contributed by atoms with van der Waals surface area (Å²) in [7, 11) is 0. The Morgan fingerprint density at radius 1 is 0.413 bits per heavy atom. The van der Waals surface area contributed by atoms with Crippen LogP contribution in [0.2, 0.25) is 0 Å². The Morgan fingerprint density at radius 2 is 1.04 bits per heavy atom. The molecular formula is C42H24N4. The lowest BCUT2D eigenvalue weighted by atomic mass is 9.99. The highest BCUT2D eigenvalue weighted by molar-refractivity contribution is 6.23. The first-order valence-electron chi connectivity index (χ1n) is 15.7. The molecule has 0 saturated heterocycles. The van der Waals surface area contributed by atoms with E-state index in [0.717, 1.165) is 33.1 Å². The number of hydrogen-bond acceptors (Lipinski definition) is 2. The maximum atomic E-state index is 5.11. The summed E-state index contributed by atoms with van der Waals surface area (Å²) in [5, 5.41) is 8.62. The van der Waals surface area contributed by atoms with E-state index in [2.05, 4.69) is 130 Å². The van der Waals surface area contributed by atoms with Crippen LogP contribution in [-0.4, -0.2) is 18.9 Å². The molecule has 4 heteroatoms. The molecule has 0 fully saturated rings. The Labute approximate surface area is 262 Å². The van der Waals surface area contributed by atoms with Crippen LogP contribution in [0.4, 0.5) is 0 Å². The van der Waals surface area contributed by atoms with Crippen LogP contribution in [0.15, 0.2) is 146 Å². The van der Waals surface area contributed by atoms with Gasteiger partial charge in [-0.3, -0.25) is 4.40 Å². The minimum atomic E-state index is 0.912. The highest BCUT2D eigenvalue weighted by Crippen LogP contribution is 2.41. The monoisotopic (exact) mass is 584 g/mol. The molecule has 4 aromatic heterocycles. The first-order chi connectivity index (χ1) is 22.8. The highest BCUT2D eigenvalue weighted by Gasteiger charge is 2.20. The van der Waals surface area contributed by atoms with Crippen molar-refractivity contribution in [2.45, 2.75) is 0 Å². The third-order valence-electron chi connectivity index (χ3n) is 9.79. The van der Waals surface area contributed by atoms with E-state index in [0.29, 0.717) is 0 Å². The fourth-order valence-corrected chi connectivity index (χ4v) is 7.73. The van der Waals surface area contributed by atoms with Crippen molar-refractivity contribution < 1.29 is 0 Å². The normalized spacial score (nSPS) is 12.3. The lowest BCUT2D eigenvalue weighted by Crippen LogP contribution is -1.93. The number of rotatable bonds is 2. The van der Waals surface area contributed by atoms with E-state index in [1.54, 1.807) is 0 Å². The number of hydrogen-bond donors (Lipinski definition) is 0. The number of para-hydroxylation sites is 4. The Morgan fingerprint density at radius 3 is 1.85 bits per heavy atom. The first kappa shape index (κ1) is 24.1. The van der Waals surface area contributed by atoms with Gasteiger partial charge in [0, 0.05) is 32.6 Å². The van der Waals surface area contributed by atoms with E-state index >= 15 is 0 Å². The van der Waals surface area contributed by atoms with Crippen molar-refractivity contribution in [1.29, 1.82) is 0 Å². The van der Waals surface area contributed by atoms with Crippen molar-refractivity contribution in [3.05, 3.63) is 146 Å². The highest BCUT2D eigenvalue weighted by atomic mass is 15.0. The van der Waals surface area contributed by atoms with Gasteiger partial charge in [-0.05, 0) is 82.6 Å². The quantitative estimate of drug-likeness (QED) is 0.203. The lowest BCUT2D eigenvalue weighted by molar-refractivity contribution is 1.18. The van der Waals surface area contributed by atoms with Crippen LogP contribution in [-0.2, 0) is 0 Å². The van der Waals surface area contributed by atoms with E-state index in [1.807, 2.05) is 24.3 Å². The van der Waals surface area contributed by atoms with E-state index < -0.39 is 0 Å². The largest absolute Gasteiger partial charge is 0.309 e. The van der Waals surface area contributed by atoms with Gasteiger partial charge in [0.25, 0.3) is 0 Å². The molecule has 0 atom stereocenters. The zero-order valence-corrected chi connectivity index (χ0v) is 24.6. The molecule has 7 aromatic carbocycles. The molecule has 0 radical (unpaired) electrons. The summed E-state index contributed by atoms with van der Waals surface area (Å²) in [6.07, 6.45) is 0. The second-order valence-corrected chi connectivity index (χ2v) is 12.3. The van der Waals surface area contributed by atoms with E-state index in [1.165, 1.54) is 65.7 Å². The van der Waals surface area contributed by atoms with Gasteiger partial charge < -0.3 is 4.57 Å². The van der Waals surface area contributed by atoms with Crippen molar-refractivity contribution >= 4 is 82.0 Å². The first-order valence-corrected chi connectivity index (χ1v) is 15.7. The van der Waals surface area contributed by atoms with E-state index in [9.17, 15) is 0 Å². The number of benzene rings is 7. The van der Waals surface area contributed by atoms with E-state index in [-0.39, 0.29) is 0 Å². The molecule has 11 aromatic rings. The van der Waals surface area contributed by atoms with Crippen molar-refractivity contribution in [2.24, 2.45) is 0 Å². The summed E-state index contributed by atoms with van der Waals surface area (Å²) in [4.78, 5) is 10.2. The van der Waals surface area contributed by atoms with Crippen LogP contribution in [0.25, 0.3) is 98.8 Å². The van der Waals surface area contributed by atoms with Gasteiger partial charge in [0.2, 0.25) is 0 Å². The Hall–Kier alpha value is -6.26. The van der Waals surface area contributed by atoms with Gasteiger partial charge in [-0.25, -0.2) is 9.97 Å². The zero-order valence-electron chi connectivity index (χ0n) is 24.6. The fourth-order valence-electron chi connectivity index (χ4n) is 7.73. The maximum absolute atomic E-state index is 5.11. The second-order valence-electron chi connectivity index (χ2n) is 12.3. The van der Waals surface area contributed by atoms with Crippen LogP contribution >= 0.6 is 0 Å². The molecule has 212 valence electrons. The Kier molecular flexibility index (Phi) is 4.55. The molecular weight excluding hydrogens is 560 g/mol. The Bertz CT molecular complexity index is 3020. The van der Waals surface area contributed by atoms with Gasteiger partial charge in [-0.1, -0.05) is 84.9 Å². The maximum Gasteiger partial charge on any atom is 0.165 e. The smallest absolute Gasteiger partial charge is 0.165 e. The molecule has 0 spiro atoms. The summed E-state index contributed by atoms with van der Waals surface area (Å²) < 4.78 is 4.70. The summed E-state index contributed by atoms with van der Waals surface area (Å²) in [5.74, 6) is 0. The lowest BCUT2D eigenvalue weighted by Gasteiger charge is -2.09. The molecule has 0 amide bonds. The molecule has 11 rings (SSSR count). The molecule has 0 aliphatic rings. The van der Waals surface area contributed by atoms with Gasteiger partial charge in [0.1, 0.15) is 5.52 Å². The third-order valence-corrected chi connectivity index (χ3v) is 9.79. The molecule has 0 aliphatic heterocycles. The summed E-state index contributed by atoms with van der Waals surface area (Å²) in [6.45, 7) is 0. The van der Waals surface area contributed by atoms with Gasteiger partial charge >= 0.3 is 0 Å². The third kappa shape index (κ3) is 3.12. The summed E-state index contributed by atoms with van der Waals surface area (Å²) in [6, 6.07) is 52.5. The van der Waals surface area contributed by atoms with Gasteiger partial charge in [0.15, 0.2) is 5.65 Å². The number of aromatic nitrogens is 4. The predicted molar refractivity (Wildman–Crippen MR) is 191 cm³/mol. The minimum Gasteiger partial charge on any atom is -0.309 e. The molecule has 4 heterocycles. The number of fused-ring (bicyclic) bond motifs is 11. The van der Waals surface area contributed by atoms with Crippen LogP contribution in [0.3, 0.4) is 0 Å². The van der Waals surface area contributed by atoms with Crippen molar-refractivity contribution in [3.63, 3.8) is 0 Å². The van der Waals surface area contributed by atoms with Crippen molar-refractivity contribution in [2.75, 3.05) is 0 Å². The molecule has 4 nitrogen and oxygen atoms in total. The van der Waals surface area contributed by atoms with Gasteiger partial charge in [-0.15, -0.1) is 0 Å². The van der Waals surface area contributed by atoms with Crippen LogP contribution < -0.4 is 0 Å².